The maximum atomic E-state index is 13.0. The lowest BCUT2D eigenvalue weighted by atomic mass is 10.0. The highest BCUT2D eigenvalue weighted by atomic mass is 31.2. The van der Waals surface area contributed by atoms with Gasteiger partial charge in [-0.15, -0.1) is 0 Å². The Morgan fingerprint density at radius 1 is 0.291 bits per heavy atom. The molecule has 0 bridgehead atoms. The third kappa shape index (κ3) is 60.9. The van der Waals surface area contributed by atoms with Gasteiger partial charge in [0.1, 0.15) is 19.3 Å². The van der Waals surface area contributed by atoms with Crippen LogP contribution in [0.25, 0.3) is 0 Å². The summed E-state index contributed by atoms with van der Waals surface area (Å²) in [4.78, 5) is 72.4. The van der Waals surface area contributed by atoms with Gasteiger partial charge < -0.3 is 33.8 Å². The van der Waals surface area contributed by atoms with Crippen LogP contribution >= 0.6 is 15.6 Å². The van der Waals surface area contributed by atoms with Crippen LogP contribution in [-0.2, 0) is 65.4 Å². The Balaban J connectivity index is 5.26. The minimum atomic E-state index is -4.95. The zero-order valence-electron chi connectivity index (χ0n) is 55.9. The summed E-state index contributed by atoms with van der Waals surface area (Å²) < 4.78 is 68.1. The van der Waals surface area contributed by atoms with E-state index in [4.69, 9.17) is 37.0 Å². The fourth-order valence-corrected chi connectivity index (χ4v) is 11.5. The van der Waals surface area contributed by atoms with Gasteiger partial charge >= 0.3 is 39.5 Å². The summed E-state index contributed by atoms with van der Waals surface area (Å²) in [5.74, 6) is 0.787. The van der Waals surface area contributed by atoms with Gasteiger partial charge in [-0.05, 0) is 49.4 Å². The summed E-state index contributed by atoms with van der Waals surface area (Å²) in [7, 11) is -9.90. The van der Waals surface area contributed by atoms with Gasteiger partial charge in [-0.2, -0.15) is 0 Å². The highest BCUT2D eigenvalue weighted by Gasteiger charge is 2.30. The van der Waals surface area contributed by atoms with Crippen molar-refractivity contribution in [3.05, 3.63) is 0 Å². The van der Waals surface area contributed by atoms with E-state index in [0.29, 0.717) is 31.6 Å². The first kappa shape index (κ1) is 84.1. The van der Waals surface area contributed by atoms with E-state index in [1.54, 1.807) is 0 Å². The Hall–Kier alpha value is -1.94. The van der Waals surface area contributed by atoms with E-state index >= 15 is 0 Å². The first-order valence-corrected chi connectivity index (χ1v) is 37.7. The maximum absolute atomic E-state index is 13.0. The lowest BCUT2D eigenvalue weighted by Crippen LogP contribution is -2.30. The monoisotopic (exact) mass is 1270 g/mol. The minimum absolute atomic E-state index is 0.104. The van der Waals surface area contributed by atoms with Crippen LogP contribution in [-0.4, -0.2) is 96.7 Å². The smallest absolute Gasteiger partial charge is 0.462 e. The molecule has 3 unspecified atom stereocenters. The molecule has 86 heavy (non-hydrogen) atoms. The Morgan fingerprint density at radius 3 is 0.721 bits per heavy atom. The molecule has 0 radical (unpaired) electrons. The van der Waals surface area contributed by atoms with E-state index < -0.39 is 97.5 Å². The Morgan fingerprint density at radius 2 is 0.488 bits per heavy atom. The van der Waals surface area contributed by atoms with Crippen LogP contribution in [0.3, 0.4) is 0 Å². The van der Waals surface area contributed by atoms with Crippen LogP contribution in [0.4, 0.5) is 0 Å². The number of phosphoric ester groups is 2. The van der Waals surface area contributed by atoms with Gasteiger partial charge in [0.25, 0.3) is 0 Å². The normalized spacial score (nSPS) is 14.4. The molecular weight excluding hydrogens is 1140 g/mol. The molecule has 0 aliphatic heterocycles. The number of carbonyl (C=O) groups excluding carboxylic acids is 4. The summed E-state index contributed by atoms with van der Waals surface area (Å²) in [5, 5.41) is 10.6. The number of hydrogen-bond donors (Lipinski definition) is 3. The van der Waals surface area contributed by atoms with E-state index in [-0.39, 0.29) is 25.7 Å². The number of aliphatic hydroxyl groups excluding tert-OH is 1. The van der Waals surface area contributed by atoms with Gasteiger partial charge in [-0.1, -0.05) is 274 Å². The number of rotatable bonds is 64. The number of phosphoric acid groups is 2. The largest absolute Gasteiger partial charge is 0.472 e. The molecule has 0 aromatic heterocycles. The van der Waals surface area contributed by atoms with Gasteiger partial charge in [0, 0.05) is 25.7 Å². The van der Waals surface area contributed by atoms with Crippen molar-refractivity contribution in [2.45, 2.75) is 343 Å². The Kier molecular flexibility index (Phi) is 55.7. The van der Waals surface area contributed by atoms with Crippen LogP contribution in [0.5, 0.6) is 0 Å². The van der Waals surface area contributed by atoms with Crippen molar-refractivity contribution in [2.75, 3.05) is 39.6 Å². The summed E-state index contributed by atoms with van der Waals surface area (Å²) in [6.45, 7) is 14.0. The molecule has 0 heterocycles. The Bertz CT molecular complexity index is 1710. The molecule has 0 aromatic carbocycles. The van der Waals surface area contributed by atoms with Gasteiger partial charge in [0.15, 0.2) is 12.2 Å². The second kappa shape index (κ2) is 57.0. The van der Waals surface area contributed by atoms with Crippen LogP contribution in [0.2, 0.25) is 0 Å². The average Bonchev–Trinajstić information content (AvgIpc) is 3.67. The summed E-state index contributed by atoms with van der Waals surface area (Å²) in [6.07, 6.45) is 37.7. The maximum Gasteiger partial charge on any atom is 0.472 e. The summed E-state index contributed by atoms with van der Waals surface area (Å²) >= 11 is 0. The molecule has 5 atom stereocenters. The molecule has 17 nitrogen and oxygen atoms in total. The summed E-state index contributed by atoms with van der Waals surface area (Å²) in [6, 6.07) is 0. The molecule has 19 heteroatoms. The van der Waals surface area contributed by atoms with Crippen molar-refractivity contribution >= 4 is 39.5 Å². The van der Waals surface area contributed by atoms with Crippen molar-refractivity contribution in [1.29, 1.82) is 0 Å². The molecule has 0 saturated heterocycles. The fourth-order valence-electron chi connectivity index (χ4n) is 9.96. The lowest BCUT2D eigenvalue weighted by Gasteiger charge is -2.21. The molecule has 0 saturated carbocycles. The van der Waals surface area contributed by atoms with Crippen LogP contribution in [0.1, 0.15) is 325 Å². The number of hydrogen-bond acceptors (Lipinski definition) is 15. The molecule has 0 aliphatic rings. The van der Waals surface area contributed by atoms with Gasteiger partial charge in [-0.3, -0.25) is 37.3 Å². The quantitative estimate of drug-likeness (QED) is 0.0222. The van der Waals surface area contributed by atoms with Crippen LogP contribution < -0.4 is 0 Å². The number of esters is 4. The third-order valence-electron chi connectivity index (χ3n) is 15.3. The summed E-state index contributed by atoms with van der Waals surface area (Å²) in [5.41, 5.74) is 0. The van der Waals surface area contributed by atoms with Gasteiger partial charge in [-0.25, -0.2) is 9.13 Å². The number of carbonyl (C=O) groups is 4. The molecule has 0 aromatic rings. The molecule has 0 amide bonds. The van der Waals surface area contributed by atoms with Gasteiger partial charge in [0.05, 0.1) is 26.4 Å². The third-order valence-corrected chi connectivity index (χ3v) is 17.2. The van der Waals surface area contributed by atoms with E-state index in [1.807, 2.05) is 0 Å². The Labute approximate surface area is 524 Å². The van der Waals surface area contributed by atoms with E-state index in [1.165, 1.54) is 122 Å². The van der Waals surface area contributed by atoms with Gasteiger partial charge in [0.2, 0.25) is 0 Å². The zero-order chi connectivity index (χ0) is 63.9. The molecule has 0 aliphatic carbocycles. The molecule has 510 valence electrons. The molecule has 0 spiro atoms. The second-order valence-corrected chi connectivity index (χ2v) is 29.0. The first-order valence-electron chi connectivity index (χ1n) is 34.7. The predicted octanol–water partition coefficient (Wildman–Crippen LogP) is 18.5. The number of aliphatic hydroxyl groups is 1. The number of unbranched alkanes of at least 4 members (excludes halogenated alkanes) is 30. The average molecular weight is 1270 g/mol. The minimum Gasteiger partial charge on any atom is -0.462 e. The highest BCUT2D eigenvalue weighted by molar-refractivity contribution is 7.47. The topological polar surface area (TPSA) is 237 Å². The van der Waals surface area contributed by atoms with Crippen LogP contribution in [0.15, 0.2) is 0 Å². The van der Waals surface area contributed by atoms with Crippen molar-refractivity contribution in [3.63, 3.8) is 0 Å². The molecule has 3 N–H and O–H groups in total. The standard InChI is InChI=1S/C67H130O17P2/c1-57(2)43-35-27-19-12-9-15-23-31-39-47-64(69)77-53-62(83-66(71)49-41-33-24-16-10-13-20-28-36-44-58(3)4)55-81-85(73,74)79-51-61(68)52-80-86(75,76)82-56-63(54-78-65(70)48-40-32-26-18-22-30-38-46-60(7)8)84-67(72)50-42-34-25-17-11-14-21-29-37-45-59(5)6/h57-63,68H,9-56H2,1-8H3,(H,73,74)(H,75,76)/t61?,62-,63-/m1/s1. The SMILES string of the molecule is CC(C)CCCCCCCCCCCC(=O)OC[C@H](COP(=O)(O)OCC(O)COP(=O)(O)OC[C@@H](COC(=O)CCCCCCCCCC(C)C)OC(=O)CCCCCCCCCCCC(C)C)OC(=O)CCCCCCCCCCCC(C)C. The van der Waals surface area contributed by atoms with E-state index in [0.717, 1.165) is 114 Å². The predicted molar refractivity (Wildman–Crippen MR) is 344 cm³/mol. The van der Waals surface area contributed by atoms with Crippen molar-refractivity contribution in [3.8, 4) is 0 Å². The fraction of sp³-hybridized carbons (Fsp3) is 0.940. The van der Waals surface area contributed by atoms with Crippen molar-refractivity contribution in [1.82, 2.24) is 0 Å². The first-order chi connectivity index (χ1) is 41.1. The molecule has 0 rings (SSSR count). The van der Waals surface area contributed by atoms with E-state index in [9.17, 15) is 43.2 Å². The highest BCUT2D eigenvalue weighted by Crippen LogP contribution is 2.45. The van der Waals surface area contributed by atoms with Crippen molar-refractivity contribution in [2.24, 2.45) is 23.7 Å². The molecular formula is C67H130O17P2. The second-order valence-electron chi connectivity index (χ2n) is 26.1. The molecule has 0 fully saturated rings. The van der Waals surface area contributed by atoms with Crippen LogP contribution in [0, 0.1) is 23.7 Å². The zero-order valence-corrected chi connectivity index (χ0v) is 57.7. The van der Waals surface area contributed by atoms with E-state index in [2.05, 4.69) is 55.4 Å². The van der Waals surface area contributed by atoms with Crippen molar-refractivity contribution < 1.29 is 80.2 Å². The lowest BCUT2D eigenvalue weighted by molar-refractivity contribution is -0.161. The number of ether oxygens (including phenoxy) is 4.